The van der Waals surface area contributed by atoms with E-state index in [0.29, 0.717) is 5.56 Å². The molecule has 0 radical (unpaired) electrons. The third kappa shape index (κ3) is 1.82. The molecular formula is C10H7F3O2. The number of hydrogen-bond donors (Lipinski definition) is 0. The van der Waals surface area contributed by atoms with E-state index in [1.807, 2.05) is 0 Å². The minimum Gasteiger partial charge on any atom is -0.426 e. The average molecular weight is 216 g/mol. The van der Waals surface area contributed by atoms with Gasteiger partial charge in [0.1, 0.15) is 5.75 Å². The molecule has 0 aromatic heterocycles. The number of carbonyl (C=O) groups is 1. The Bertz CT molecular complexity index is 398. The van der Waals surface area contributed by atoms with Crippen molar-refractivity contribution in [1.82, 2.24) is 0 Å². The molecule has 0 aliphatic carbocycles. The van der Waals surface area contributed by atoms with Gasteiger partial charge in [-0.1, -0.05) is 18.2 Å². The molecule has 0 N–H and O–H groups in total. The first-order valence-electron chi connectivity index (χ1n) is 4.35. The Morgan fingerprint density at radius 2 is 1.93 bits per heavy atom. The minimum atomic E-state index is -4.54. The first-order valence-corrected chi connectivity index (χ1v) is 4.35. The number of alkyl halides is 3. The number of esters is 1. The summed E-state index contributed by atoms with van der Waals surface area (Å²) in [5.74, 6) is -3.03. The summed E-state index contributed by atoms with van der Waals surface area (Å²) in [4.78, 5) is 11.1. The first kappa shape index (κ1) is 10.0. The molecule has 0 bridgehead atoms. The summed E-state index contributed by atoms with van der Waals surface area (Å²) in [5.41, 5.74) is 0.416. The van der Waals surface area contributed by atoms with Gasteiger partial charge < -0.3 is 4.74 Å². The maximum atomic E-state index is 12.4. The lowest BCUT2D eigenvalue weighted by Gasteiger charge is -2.24. The Morgan fingerprint density at radius 3 is 2.60 bits per heavy atom. The average Bonchev–Trinajstić information content (AvgIpc) is 2.15. The van der Waals surface area contributed by atoms with Gasteiger partial charge in [-0.2, -0.15) is 13.2 Å². The Labute approximate surface area is 83.7 Å². The fourth-order valence-corrected chi connectivity index (χ4v) is 1.50. The molecule has 0 spiro atoms. The van der Waals surface area contributed by atoms with Gasteiger partial charge in [0.25, 0.3) is 0 Å². The van der Waals surface area contributed by atoms with Gasteiger partial charge in [-0.15, -0.1) is 0 Å². The van der Waals surface area contributed by atoms with E-state index in [1.165, 1.54) is 12.1 Å². The molecule has 2 rings (SSSR count). The Balaban J connectivity index is 2.34. The number of fused-ring (bicyclic) bond motifs is 1. The van der Waals surface area contributed by atoms with E-state index in [2.05, 4.69) is 4.74 Å². The van der Waals surface area contributed by atoms with Crippen LogP contribution in [0.15, 0.2) is 24.3 Å². The number of para-hydroxylation sites is 1. The van der Waals surface area contributed by atoms with Gasteiger partial charge in [-0.25, -0.2) is 0 Å². The molecule has 2 nitrogen and oxygen atoms in total. The Morgan fingerprint density at radius 1 is 1.27 bits per heavy atom. The zero-order valence-electron chi connectivity index (χ0n) is 7.54. The lowest BCUT2D eigenvalue weighted by atomic mass is 9.96. The van der Waals surface area contributed by atoms with Crippen LogP contribution in [0.4, 0.5) is 13.2 Å². The van der Waals surface area contributed by atoms with Crippen LogP contribution in [0.5, 0.6) is 5.75 Å². The molecule has 1 atom stereocenters. The molecule has 5 heteroatoms. The Kier molecular flexibility index (Phi) is 2.17. The van der Waals surface area contributed by atoms with Crippen LogP contribution >= 0.6 is 0 Å². The molecule has 1 heterocycles. The highest BCUT2D eigenvalue weighted by Gasteiger charge is 2.48. The quantitative estimate of drug-likeness (QED) is 0.491. The van der Waals surface area contributed by atoms with Crippen molar-refractivity contribution in [2.24, 2.45) is 5.92 Å². The number of ether oxygens (including phenoxy) is 1. The second-order valence-electron chi connectivity index (χ2n) is 3.33. The van der Waals surface area contributed by atoms with Crippen molar-refractivity contribution < 1.29 is 22.7 Å². The van der Waals surface area contributed by atoms with E-state index in [9.17, 15) is 18.0 Å². The smallest absolute Gasteiger partial charge is 0.402 e. The van der Waals surface area contributed by atoms with Crippen LogP contribution in [0.25, 0.3) is 0 Å². The molecule has 0 amide bonds. The Hall–Kier alpha value is -1.52. The molecule has 0 saturated carbocycles. The van der Waals surface area contributed by atoms with Crippen LogP contribution in [0, 0.1) is 5.92 Å². The number of benzene rings is 1. The van der Waals surface area contributed by atoms with E-state index in [-0.39, 0.29) is 12.2 Å². The zero-order valence-corrected chi connectivity index (χ0v) is 7.54. The minimum absolute atomic E-state index is 0.225. The lowest BCUT2D eigenvalue weighted by Crippen LogP contribution is -2.38. The monoisotopic (exact) mass is 216 g/mol. The topological polar surface area (TPSA) is 26.3 Å². The van der Waals surface area contributed by atoms with E-state index in [0.717, 1.165) is 0 Å². The SMILES string of the molecule is O=C1Oc2ccccc2CC1C(F)(F)F. The summed E-state index contributed by atoms with van der Waals surface area (Å²) in [7, 11) is 0. The molecular weight excluding hydrogens is 209 g/mol. The third-order valence-corrected chi connectivity index (χ3v) is 2.29. The summed E-state index contributed by atoms with van der Waals surface area (Å²) in [5, 5.41) is 0. The number of carbonyl (C=O) groups excluding carboxylic acids is 1. The van der Waals surface area contributed by atoms with Crippen LogP contribution < -0.4 is 4.74 Å². The first-order chi connectivity index (χ1) is 6.98. The zero-order chi connectivity index (χ0) is 11.1. The predicted octanol–water partition coefficient (Wildman–Crippen LogP) is 2.33. The van der Waals surface area contributed by atoms with Crippen LogP contribution in [0.3, 0.4) is 0 Å². The van der Waals surface area contributed by atoms with Gasteiger partial charge in [0.05, 0.1) is 0 Å². The third-order valence-electron chi connectivity index (χ3n) is 2.29. The summed E-state index contributed by atoms with van der Waals surface area (Å²) < 4.78 is 41.8. The number of halogens is 3. The van der Waals surface area contributed by atoms with Gasteiger partial charge in [-0.3, -0.25) is 4.79 Å². The summed E-state index contributed by atoms with van der Waals surface area (Å²) in [6, 6.07) is 6.24. The van der Waals surface area contributed by atoms with Crippen LogP contribution in [0.1, 0.15) is 5.56 Å². The fourth-order valence-electron chi connectivity index (χ4n) is 1.50. The van der Waals surface area contributed by atoms with Gasteiger partial charge in [0.15, 0.2) is 5.92 Å². The molecule has 80 valence electrons. The van der Waals surface area contributed by atoms with Crippen molar-refractivity contribution in [1.29, 1.82) is 0 Å². The van der Waals surface area contributed by atoms with Gasteiger partial charge in [0.2, 0.25) is 0 Å². The normalized spacial score (nSPS) is 20.7. The summed E-state index contributed by atoms with van der Waals surface area (Å²) >= 11 is 0. The number of hydrogen-bond acceptors (Lipinski definition) is 2. The van der Waals surface area contributed by atoms with Gasteiger partial charge >= 0.3 is 12.1 Å². The van der Waals surface area contributed by atoms with Crippen molar-refractivity contribution in [3.63, 3.8) is 0 Å². The van der Waals surface area contributed by atoms with E-state index >= 15 is 0 Å². The highest BCUT2D eigenvalue weighted by Crippen LogP contribution is 2.36. The highest BCUT2D eigenvalue weighted by atomic mass is 19.4. The lowest BCUT2D eigenvalue weighted by molar-refractivity contribution is -0.193. The molecule has 0 saturated heterocycles. The van der Waals surface area contributed by atoms with E-state index < -0.39 is 18.1 Å². The maximum absolute atomic E-state index is 12.4. The summed E-state index contributed by atoms with van der Waals surface area (Å²) in [6.45, 7) is 0. The standard InChI is InChI=1S/C10H7F3O2/c11-10(12,13)7-5-6-3-1-2-4-8(6)15-9(7)14/h1-4,7H,5H2. The second kappa shape index (κ2) is 3.25. The number of rotatable bonds is 0. The largest absolute Gasteiger partial charge is 0.426 e. The molecule has 15 heavy (non-hydrogen) atoms. The van der Waals surface area contributed by atoms with Crippen molar-refractivity contribution in [3.05, 3.63) is 29.8 Å². The second-order valence-corrected chi connectivity index (χ2v) is 3.33. The van der Waals surface area contributed by atoms with Crippen molar-refractivity contribution in [2.45, 2.75) is 12.6 Å². The van der Waals surface area contributed by atoms with E-state index in [1.54, 1.807) is 12.1 Å². The molecule has 0 fully saturated rings. The maximum Gasteiger partial charge on any atom is 0.402 e. The van der Waals surface area contributed by atoms with Crippen LogP contribution in [-0.4, -0.2) is 12.1 Å². The molecule has 1 aromatic carbocycles. The molecule has 1 unspecified atom stereocenters. The van der Waals surface area contributed by atoms with Crippen molar-refractivity contribution in [3.8, 4) is 5.75 Å². The predicted molar refractivity (Wildman–Crippen MR) is 45.3 cm³/mol. The van der Waals surface area contributed by atoms with Crippen LogP contribution in [0.2, 0.25) is 0 Å². The van der Waals surface area contributed by atoms with E-state index in [4.69, 9.17) is 0 Å². The molecule has 1 aliphatic rings. The summed E-state index contributed by atoms with van der Waals surface area (Å²) in [6.07, 6.45) is -4.87. The van der Waals surface area contributed by atoms with Gasteiger partial charge in [0, 0.05) is 0 Å². The van der Waals surface area contributed by atoms with Gasteiger partial charge in [-0.05, 0) is 18.1 Å². The molecule has 1 aromatic rings. The molecule has 1 aliphatic heterocycles. The van der Waals surface area contributed by atoms with Crippen LogP contribution in [-0.2, 0) is 11.2 Å². The van der Waals surface area contributed by atoms with Crippen molar-refractivity contribution >= 4 is 5.97 Å². The fraction of sp³-hybridized carbons (Fsp3) is 0.300. The highest BCUT2D eigenvalue weighted by molar-refractivity contribution is 5.78. The van der Waals surface area contributed by atoms with Crippen molar-refractivity contribution in [2.75, 3.05) is 0 Å².